The van der Waals surface area contributed by atoms with Crippen molar-refractivity contribution >= 4 is 52.5 Å². The summed E-state index contributed by atoms with van der Waals surface area (Å²) in [6, 6.07) is 20.5. The Kier molecular flexibility index (Phi) is 12.4. The fraction of sp³-hybridized carbons (Fsp3) is 0.516. The van der Waals surface area contributed by atoms with Crippen molar-refractivity contribution < 1.29 is 13.6 Å². The van der Waals surface area contributed by atoms with Crippen molar-refractivity contribution in [2.75, 3.05) is 0 Å². The van der Waals surface area contributed by atoms with E-state index in [1.54, 1.807) is 11.8 Å². The molecule has 2 atom stereocenters. The first-order chi connectivity index (χ1) is 17.5. The average molecular weight is 636 g/mol. The van der Waals surface area contributed by atoms with Gasteiger partial charge in [0.25, 0.3) is 0 Å². The van der Waals surface area contributed by atoms with Gasteiger partial charge in [0.15, 0.2) is 0 Å². The van der Waals surface area contributed by atoms with Crippen LogP contribution in [-0.2, 0) is 13.6 Å². The van der Waals surface area contributed by atoms with E-state index in [0.717, 1.165) is 4.46 Å². The Morgan fingerprint density at radius 1 is 0.842 bits per heavy atom. The molecular formula is C31H48O3SSeSi2. The molecule has 0 aliphatic rings. The number of thioether (sulfide) groups is 1. The normalized spacial score (nSPS) is 15.0. The third kappa shape index (κ3) is 10.9. The van der Waals surface area contributed by atoms with Gasteiger partial charge in [-0.05, 0) is 0 Å². The maximum absolute atomic E-state index is 13.3. The number of carbonyl (C=O) groups is 1. The van der Waals surface area contributed by atoms with Crippen molar-refractivity contribution in [2.24, 2.45) is 0 Å². The first kappa shape index (κ1) is 33.3. The Bertz CT molecular complexity index is 1030. The molecule has 2 aromatic carbocycles. The van der Waals surface area contributed by atoms with E-state index >= 15 is 0 Å². The molecule has 210 valence electrons. The van der Waals surface area contributed by atoms with Crippen LogP contribution in [0.1, 0.15) is 54.4 Å². The molecule has 0 aliphatic carbocycles. The molecule has 0 aliphatic heterocycles. The number of benzene rings is 2. The summed E-state index contributed by atoms with van der Waals surface area (Å²) in [7, 11) is -4.14. The molecule has 0 N–H and O–H groups in total. The molecule has 0 saturated heterocycles. The van der Waals surface area contributed by atoms with Gasteiger partial charge in [-0.2, -0.15) is 0 Å². The van der Waals surface area contributed by atoms with Gasteiger partial charge in [-0.1, -0.05) is 0 Å². The summed E-state index contributed by atoms with van der Waals surface area (Å²) in [6.45, 7) is 22.7. The van der Waals surface area contributed by atoms with Crippen molar-refractivity contribution in [2.45, 2.75) is 108 Å². The van der Waals surface area contributed by atoms with Crippen LogP contribution >= 0.6 is 11.8 Å². The maximum atomic E-state index is 13.3. The van der Waals surface area contributed by atoms with Crippen LogP contribution in [0.25, 0.3) is 0 Å². The summed E-state index contributed by atoms with van der Waals surface area (Å²) in [5.74, 6) is 0. The van der Waals surface area contributed by atoms with E-state index in [-0.39, 0.29) is 41.9 Å². The SMILES string of the molecule is CC(C)(C)[Si](C)(C)O[C@@H](CC(=O)[Se]c1ccccc1)C[C@@H](/C=C/Sc1ccccc1)O[Si](C)(C)C(C)(C)C. The summed E-state index contributed by atoms with van der Waals surface area (Å²) in [5, 5.41) is 2.30. The molecule has 2 aromatic rings. The molecule has 2 rings (SSSR count). The van der Waals surface area contributed by atoms with E-state index in [1.165, 1.54) is 4.90 Å². The minimum atomic E-state index is -2.09. The van der Waals surface area contributed by atoms with E-state index in [0.29, 0.717) is 12.8 Å². The van der Waals surface area contributed by atoms with E-state index < -0.39 is 16.6 Å². The van der Waals surface area contributed by atoms with E-state index in [4.69, 9.17) is 8.85 Å². The van der Waals surface area contributed by atoms with E-state index in [2.05, 4.69) is 116 Å². The first-order valence-corrected chi connectivity index (χ1v) is 21.9. The Morgan fingerprint density at radius 3 is 1.87 bits per heavy atom. The van der Waals surface area contributed by atoms with Crippen molar-refractivity contribution in [3.8, 4) is 0 Å². The molecule has 38 heavy (non-hydrogen) atoms. The first-order valence-electron chi connectivity index (χ1n) is 13.5. The van der Waals surface area contributed by atoms with Crippen LogP contribution in [0.4, 0.5) is 0 Å². The quantitative estimate of drug-likeness (QED) is 0.164. The molecule has 0 unspecified atom stereocenters. The van der Waals surface area contributed by atoms with Gasteiger partial charge in [-0.15, -0.1) is 0 Å². The Labute approximate surface area is 245 Å². The van der Waals surface area contributed by atoms with Crippen LogP contribution in [0.2, 0.25) is 36.3 Å². The second kappa shape index (κ2) is 14.1. The zero-order chi connectivity index (χ0) is 28.6. The predicted octanol–water partition coefficient (Wildman–Crippen LogP) is 8.41. The van der Waals surface area contributed by atoms with Gasteiger partial charge >= 0.3 is 246 Å². The van der Waals surface area contributed by atoms with Gasteiger partial charge in [-0.25, -0.2) is 0 Å². The van der Waals surface area contributed by atoms with Gasteiger partial charge in [0.2, 0.25) is 0 Å². The molecule has 3 nitrogen and oxygen atoms in total. The minimum absolute atomic E-state index is 0.0632. The molecule has 0 amide bonds. The van der Waals surface area contributed by atoms with Gasteiger partial charge in [0, 0.05) is 0 Å². The van der Waals surface area contributed by atoms with Crippen LogP contribution in [0.15, 0.2) is 77.0 Å². The van der Waals surface area contributed by atoms with E-state index in [1.807, 2.05) is 24.3 Å². The van der Waals surface area contributed by atoms with Crippen molar-refractivity contribution in [3.63, 3.8) is 0 Å². The molecule has 0 spiro atoms. The summed E-state index contributed by atoms with van der Waals surface area (Å²) in [6.07, 6.45) is 3.02. The van der Waals surface area contributed by atoms with Crippen molar-refractivity contribution in [3.05, 3.63) is 72.1 Å². The standard InChI is InChI=1S/C31H48O3SSeSi2/c1-30(2,3)37(7,8)33-25(21-22-35-27-17-13-11-14-18-27)23-26(34-38(9,10)31(4,5)6)24-29(32)36-28-19-15-12-16-20-28/h11-22,25-26H,23-24H2,1-10H3/b22-21+/t25-,26-/m1/s1. The van der Waals surface area contributed by atoms with Gasteiger partial charge in [-0.3, -0.25) is 0 Å². The molecule has 0 aromatic heterocycles. The van der Waals surface area contributed by atoms with Crippen LogP contribution < -0.4 is 4.46 Å². The second-order valence-electron chi connectivity index (χ2n) is 12.9. The zero-order valence-electron chi connectivity index (χ0n) is 25.0. The molecular weight excluding hydrogens is 588 g/mol. The summed E-state index contributed by atoms with van der Waals surface area (Å²) in [4.78, 5) is 14.5. The van der Waals surface area contributed by atoms with Gasteiger partial charge in [0.1, 0.15) is 0 Å². The summed E-state index contributed by atoms with van der Waals surface area (Å²) >= 11 is 1.48. The Morgan fingerprint density at radius 2 is 1.34 bits per heavy atom. The van der Waals surface area contributed by atoms with Crippen molar-refractivity contribution in [1.82, 2.24) is 0 Å². The third-order valence-electron chi connectivity index (χ3n) is 7.62. The Hall–Kier alpha value is -0.927. The summed E-state index contributed by atoms with van der Waals surface area (Å²) < 4.78 is 15.3. The van der Waals surface area contributed by atoms with E-state index in [9.17, 15) is 4.79 Å². The number of hydrogen-bond acceptors (Lipinski definition) is 4. The molecule has 0 fully saturated rings. The van der Waals surface area contributed by atoms with Gasteiger partial charge < -0.3 is 0 Å². The molecule has 0 saturated carbocycles. The number of rotatable bonds is 13. The van der Waals surface area contributed by atoms with Crippen LogP contribution in [-0.4, -0.2) is 48.5 Å². The van der Waals surface area contributed by atoms with Crippen LogP contribution in [0, 0.1) is 0 Å². The fourth-order valence-electron chi connectivity index (χ4n) is 3.30. The van der Waals surface area contributed by atoms with Crippen LogP contribution in [0.5, 0.6) is 0 Å². The molecule has 0 bridgehead atoms. The van der Waals surface area contributed by atoms with Crippen LogP contribution in [0.3, 0.4) is 0 Å². The zero-order valence-corrected chi connectivity index (χ0v) is 29.6. The molecule has 7 heteroatoms. The molecule has 0 radical (unpaired) electrons. The summed E-state index contributed by atoms with van der Waals surface area (Å²) in [5.41, 5.74) is 0. The predicted molar refractivity (Wildman–Crippen MR) is 172 cm³/mol. The second-order valence-corrected chi connectivity index (χ2v) is 25.8. The number of hydrogen-bond donors (Lipinski definition) is 0. The number of carbonyl (C=O) groups excluding carboxylic acids is 1. The Balaban J connectivity index is 2.31. The molecule has 0 heterocycles. The monoisotopic (exact) mass is 636 g/mol. The fourth-order valence-corrected chi connectivity index (χ4v) is 8.41. The van der Waals surface area contributed by atoms with Crippen molar-refractivity contribution in [1.29, 1.82) is 0 Å². The third-order valence-corrected chi connectivity index (χ3v) is 19.4. The topological polar surface area (TPSA) is 35.5 Å². The average Bonchev–Trinajstić information content (AvgIpc) is 2.78. The van der Waals surface area contributed by atoms with Gasteiger partial charge in [0.05, 0.1) is 0 Å².